The second-order valence-electron chi connectivity index (χ2n) is 7.37. The van der Waals surface area contributed by atoms with E-state index in [4.69, 9.17) is 0 Å². The van der Waals surface area contributed by atoms with Crippen molar-refractivity contribution >= 4 is 0 Å². The predicted molar refractivity (Wildman–Crippen MR) is 108 cm³/mol. The van der Waals surface area contributed by atoms with Crippen molar-refractivity contribution in [1.29, 1.82) is 0 Å². The van der Waals surface area contributed by atoms with Crippen molar-refractivity contribution in [3.8, 4) is 11.1 Å². The van der Waals surface area contributed by atoms with E-state index in [0.717, 1.165) is 6.42 Å². The second-order valence-corrected chi connectivity index (χ2v) is 7.37. The van der Waals surface area contributed by atoms with Crippen LogP contribution in [-0.2, 0) is 6.42 Å². The summed E-state index contributed by atoms with van der Waals surface area (Å²) >= 11 is 0. The fraction of sp³-hybridized carbons (Fsp3) is 0.480. The van der Waals surface area contributed by atoms with E-state index < -0.39 is 0 Å². The van der Waals surface area contributed by atoms with Crippen LogP contribution < -0.4 is 0 Å². The summed E-state index contributed by atoms with van der Waals surface area (Å²) in [6.45, 7) is 2.29. The van der Waals surface area contributed by atoms with E-state index >= 15 is 0 Å². The van der Waals surface area contributed by atoms with Crippen molar-refractivity contribution in [3.05, 3.63) is 65.6 Å². The van der Waals surface area contributed by atoms with Crippen LogP contribution in [0.3, 0.4) is 0 Å². The zero-order valence-corrected chi connectivity index (χ0v) is 15.7. The molecule has 0 atom stereocenters. The summed E-state index contributed by atoms with van der Waals surface area (Å²) < 4.78 is 0. The fourth-order valence-corrected chi connectivity index (χ4v) is 3.91. The Hall–Kier alpha value is -1.56. The van der Waals surface area contributed by atoms with Gasteiger partial charge in [-0.1, -0.05) is 89.0 Å². The molecule has 2 aromatic carbocycles. The van der Waals surface area contributed by atoms with Crippen LogP contribution >= 0.6 is 0 Å². The first kappa shape index (κ1) is 18.2. The third kappa shape index (κ3) is 4.97. The maximum absolute atomic E-state index is 3.49. The Balaban J connectivity index is 1.38. The predicted octanol–water partition coefficient (Wildman–Crippen LogP) is 7.33. The first-order chi connectivity index (χ1) is 12.4. The standard InChI is InChI=1S/C25H31/c1-2-3-4-5-6-7-8-9-10-11-15-21-17-14-19-24-23-18-13-12-16-22(23)20-25(21)24/h13-14,16,18-20H,2-11,15H2,1H3. The SMILES string of the molecule is CCCCCCCCCCCCc1[c]ccc2c1[CH]c1c[c]ccc1-2. The third-order valence-corrected chi connectivity index (χ3v) is 5.39. The van der Waals surface area contributed by atoms with E-state index in [1.165, 1.54) is 92.0 Å². The summed E-state index contributed by atoms with van der Waals surface area (Å²) in [7, 11) is 0. The molecule has 0 N–H and O–H groups in total. The Morgan fingerprint density at radius 3 is 2.20 bits per heavy atom. The Kier molecular flexibility index (Phi) is 7.15. The van der Waals surface area contributed by atoms with E-state index in [9.17, 15) is 0 Å². The minimum absolute atomic E-state index is 1.16. The van der Waals surface area contributed by atoms with E-state index in [-0.39, 0.29) is 0 Å². The zero-order chi connectivity index (χ0) is 17.3. The van der Waals surface area contributed by atoms with Crippen LogP contribution in [0.25, 0.3) is 11.1 Å². The largest absolute Gasteiger partial charge is 0.0654 e. The van der Waals surface area contributed by atoms with Crippen molar-refractivity contribution in [2.75, 3.05) is 0 Å². The van der Waals surface area contributed by atoms with Crippen molar-refractivity contribution in [3.63, 3.8) is 0 Å². The Morgan fingerprint density at radius 2 is 1.44 bits per heavy atom. The molecule has 0 fully saturated rings. The third-order valence-electron chi connectivity index (χ3n) is 5.39. The van der Waals surface area contributed by atoms with Gasteiger partial charge in [0.1, 0.15) is 0 Å². The van der Waals surface area contributed by atoms with Crippen LogP contribution in [0, 0.1) is 18.6 Å². The average Bonchev–Trinajstić information content (AvgIpc) is 3.03. The quantitative estimate of drug-likeness (QED) is 0.323. The van der Waals surface area contributed by atoms with Gasteiger partial charge < -0.3 is 0 Å². The van der Waals surface area contributed by atoms with Crippen LogP contribution in [0.2, 0.25) is 0 Å². The summed E-state index contributed by atoms with van der Waals surface area (Å²) in [5.41, 5.74) is 6.83. The van der Waals surface area contributed by atoms with Gasteiger partial charge in [-0.05, 0) is 58.9 Å². The van der Waals surface area contributed by atoms with Gasteiger partial charge in [0.2, 0.25) is 0 Å². The number of hydrogen-bond donors (Lipinski definition) is 0. The van der Waals surface area contributed by atoms with Gasteiger partial charge in [-0.25, -0.2) is 0 Å². The normalized spacial score (nSPS) is 12.2. The van der Waals surface area contributed by atoms with Crippen LogP contribution in [0.15, 0.2) is 30.3 Å². The lowest BCUT2D eigenvalue weighted by Gasteiger charge is -2.08. The van der Waals surface area contributed by atoms with E-state index in [1.54, 1.807) is 0 Å². The zero-order valence-electron chi connectivity index (χ0n) is 15.7. The lowest BCUT2D eigenvalue weighted by molar-refractivity contribution is 0.556. The minimum Gasteiger partial charge on any atom is -0.0654 e. The summed E-state index contributed by atoms with van der Waals surface area (Å²) in [5, 5.41) is 0. The minimum atomic E-state index is 1.16. The molecule has 0 aromatic heterocycles. The molecule has 0 heteroatoms. The molecule has 0 spiro atoms. The lowest BCUT2D eigenvalue weighted by Crippen LogP contribution is -1.93. The number of rotatable bonds is 11. The van der Waals surface area contributed by atoms with Crippen LogP contribution in [-0.4, -0.2) is 0 Å². The average molecular weight is 332 g/mol. The van der Waals surface area contributed by atoms with Gasteiger partial charge >= 0.3 is 0 Å². The van der Waals surface area contributed by atoms with E-state index in [0.29, 0.717) is 0 Å². The summed E-state index contributed by atoms with van der Waals surface area (Å²) in [4.78, 5) is 0. The number of aryl methyl sites for hydroxylation is 1. The Morgan fingerprint density at radius 1 is 0.760 bits per heavy atom. The monoisotopic (exact) mass is 331 g/mol. The van der Waals surface area contributed by atoms with Gasteiger partial charge in [0.15, 0.2) is 0 Å². The fourth-order valence-electron chi connectivity index (χ4n) is 3.91. The molecular weight excluding hydrogens is 300 g/mol. The maximum atomic E-state index is 3.49. The number of benzene rings is 2. The smallest absolute Gasteiger partial charge is 0.0215 e. The summed E-state index contributed by atoms with van der Waals surface area (Å²) in [5.74, 6) is 0. The maximum Gasteiger partial charge on any atom is 0.0215 e. The molecule has 1 aliphatic rings. The molecule has 2 aromatic rings. The van der Waals surface area contributed by atoms with Crippen molar-refractivity contribution < 1.29 is 0 Å². The van der Waals surface area contributed by atoms with E-state index in [1.807, 2.05) is 6.07 Å². The summed E-state index contributed by atoms with van der Waals surface area (Å²) in [6.07, 6.45) is 17.4. The molecule has 0 nitrogen and oxygen atoms in total. The van der Waals surface area contributed by atoms with Crippen molar-refractivity contribution in [2.24, 2.45) is 0 Å². The highest BCUT2D eigenvalue weighted by atomic mass is 14.2. The highest BCUT2D eigenvalue weighted by molar-refractivity contribution is 5.82. The van der Waals surface area contributed by atoms with Crippen molar-refractivity contribution in [1.82, 2.24) is 0 Å². The lowest BCUT2D eigenvalue weighted by atomic mass is 9.96. The first-order valence-electron chi connectivity index (χ1n) is 10.3. The van der Waals surface area contributed by atoms with Crippen LogP contribution in [0.5, 0.6) is 0 Å². The molecule has 3 rings (SSSR count). The highest BCUT2D eigenvalue weighted by Crippen LogP contribution is 2.39. The van der Waals surface area contributed by atoms with Gasteiger partial charge in [0, 0.05) is 6.42 Å². The number of fused-ring (bicyclic) bond motifs is 3. The van der Waals surface area contributed by atoms with E-state index in [2.05, 4.69) is 49.7 Å². The van der Waals surface area contributed by atoms with Crippen LogP contribution in [0.4, 0.5) is 0 Å². The molecule has 131 valence electrons. The highest BCUT2D eigenvalue weighted by Gasteiger charge is 2.20. The molecule has 0 saturated heterocycles. The molecule has 0 saturated carbocycles. The van der Waals surface area contributed by atoms with Gasteiger partial charge in [-0.2, -0.15) is 0 Å². The van der Waals surface area contributed by atoms with Crippen LogP contribution in [0.1, 0.15) is 87.8 Å². The molecule has 0 bridgehead atoms. The molecule has 0 amide bonds. The number of hydrogen-bond acceptors (Lipinski definition) is 0. The second kappa shape index (κ2) is 9.80. The molecule has 0 heterocycles. The van der Waals surface area contributed by atoms with Crippen molar-refractivity contribution in [2.45, 2.75) is 77.6 Å². The Bertz CT molecular complexity index is 653. The Labute approximate surface area is 154 Å². The molecule has 0 aliphatic heterocycles. The molecule has 1 aliphatic carbocycles. The topological polar surface area (TPSA) is 0 Å². The number of unbranched alkanes of at least 4 members (excludes halogenated alkanes) is 9. The molecule has 3 radical (unpaired) electrons. The molecular formula is C25H31. The molecule has 0 unspecified atom stereocenters. The molecule has 25 heavy (non-hydrogen) atoms. The van der Waals surface area contributed by atoms with Gasteiger partial charge in [0.25, 0.3) is 0 Å². The van der Waals surface area contributed by atoms with Gasteiger partial charge in [-0.15, -0.1) is 0 Å². The first-order valence-corrected chi connectivity index (χ1v) is 10.3. The van der Waals surface area contributed by atoms with Gasteiger partial charge in [-0.3, -0.25) is 0 Å². The van der Waals surface area contributed by atoms with Gasteiger partial charge in [0.05, 0.1) is 0 Å². The summed E-state index contributed by atoms with van der Waals surface area (Å²) in [6, 6.07) is 17.3.